The van der Waals surface area contributed by atoms with Crippen LogP contribution in [0.5, 0.6) is 0 Å². The van der Waals surface area contributed by atoms with Gasteiger partial charge in [0.05, 0.1) is 19.1 Å². The molecule has 0 spiro atoms. The van der Waals surface area contributed by atoms with Gasteiger partial charge in [-0.05, 0) is 25.0 Å². The lowest BCUT2D eigenvalue weighted by atomic mass is 10.1. The summed E-state index contributed by atoms with van der Waals surface area (Å²) in [7, 11) is -3.68. The summed E-state index contributed by atoms with van der Waals surface area (Å²) in [6, 6.07) is 3.09. The predicted octanol–water partition coefficient (Wildman–Crippen LogP) is 0.233. The fourth-order valence-electron chi connectivity index (χ4n) is 1.90. The molecule has 1 fully saturated rings. The second kappa shape index (κ2) is 6.00. The third-order valence-corrected chi connectivity index (χ3v) is 5.30. The van der Waals surface area contributed by atoms with Crippen LogP contribution in [0.4, 0.5) is 0 Å². The Morgan fingerprint density at radius 2 is 2.32 bits per heavy atom. The Morgan fingerprint density at radius 1 is 1.53 bits per heavy atom. The van der Waals surface area contributed by atoms with Crippen LogP contribution in [0.25, 0.3) is 0 Å². The maximum Gasteiger partial charge on any atom is 0.247 e. The highest BCUT2D eigenvalue weighted by molar-refractivity contribution is 7.91. The number of nitrogens with two attached hydrogens (primary N) is 1. The summed E-state index contributed by atoms with van der Waals surface area (Å²) in [6.45, 7) is 1.29. The average Bonchev–Trinajstić information content (AvgIpc) is 2.78. The van der Waals surface area contributed by atoms with Gasteiger partial charge in [-0.1, -0.05) is 0 Å². The minimum atomic E-state index is -3.68. The molecule has 1 aliphatic rings. The molecule has 0 radical (unpaired) electrons. The normalized spacial score (nSPS) is 20.2. The molecule has 0 aliphatic carbocycles. The van der Waals surface area contributed by atoms with Crippen molar-refractivity contribution in [2.75, 3.05) is 13.2 Å². The van der Waals surface area contributed by atoms with Gasteiger partial charge in [-0.3, -0.25) is 4.79 Å². The molecule has 2 heterocycles. The molecule has 1 aliphatic heterocycles. The minimum Gasteiger partial charge on any atom is -0.379 e. The summed E-state index contributed by atoms with van der Waals surface area (Å²) in [5, 5.41) is 7.89. The van der Waals surface area contributed by atoms with Gasteiger partial charge in [0.15, 0.2) is 0 Å². The average molecular weight is 304 g/mol. The van der Waals surface area contributed by atoms with Gasteiger partial charge in [-0.2, -0.15) is 0 Å². The molecule has 0 saturated carbocycles. The third kappa shape index (κ3) is 4.27. The lowest BCUT2D eigenvalue weighted by Crippen LogP contribution is -2.41. The maximum atomic E-state index is 11.8. The predicted molar refractivity (Wildman–Crippen MR) is 71.4 cm³/mol. The molecule has 1 atom stereocenters. The zero-order valence-electron chi connectivity index (χ0n) is 10.3. The van der Waals surface area contributed by atoms with Gasteiger partial charge in [0.25, 0.3) is 0 Å². The van der Waals surface area contributed by atoms with Gasteiger partial charge in [0, 0.05) is 11.5 Å². The minimum absolute atomic E-state index is 0.0546. The number of hydrogen-bond donors (Lipinski definition) is 2. The largest absolute Gasteiger partial charge is 0.379 e. The van der Waals surface area contributed by atoms with Crippen LogP contribution in [0.3, 0.4) is 0 Å². The molecule has 1 aromatic heterocycles. The lowest BCUT2D eigenvalue weighted by molar-refractivity contribution is -0.122. The first-order valence-corrected chi connectivity index (χ1v) is 8.30. The van der Waals surface area contributed by atoms with Gasteiger partial charge in [-0.25, -0.2) is 13.6 Å². The Bertz CT molecular complexity index is 547. The molecule has 0 aromatic carbocycles. The molecule has 3 N–H and O–H groups in total. The fourth-order valence-corrected chi connectivity index (χ4v) is 3.67. The standard InChI is InChI=1S/C11H16N2O4S2/c12-19(15,16)11-4-3-9(18-11)6-10(14)13-8-2-1-5-17-7-8/h3-4,8H,1-2,5-7H2,(H,13,14)(H2,12,15,16). The Balaban J connectivity index is 1.90. The topological polar surface area (TPSA) is 98.5 Å². The van der Waals surface area contributed by atoms with Crippen LogP contribution < -0.4 is 10.5 Å². The highest BCUT2D eigenvalue weighted by atomic mass is 32.2. The van der Waals surface area contributed by atoms with Crippen molar-refractivity contribution in [3.05, 3.63) is 17.0 Å². The number of hydrogen-bond acceptors (Lipinski definition) is 5. The van der Waals surface area contributed by atoms with Crippen LogP contribution in [-0.2, 0) is 26.0 Å². The van der Waals surface area contributed by atoms with E-state index in [-0.39, 0.29) is 22.6 Å². The molecular weight excluding hydrogens is 288 g/mol. The Morgan fingerprint density at radius 3 is 2.89 bits per heavy atom. The van der Waals surface area contributed by atoms with E-state index < -0.39 is 10.0 Å². The second-order valence-corrected chi connectivity index (χ2v) is 7.38. The van der Waals surface area contributed by atoms with Crippen molar-refractivity contribution in [3.8, 4) is 0 Å². The van der Waals surface area contributed by atoms with Crippen molar-refractivity contribution in [3.63, 3.8) is 0 Å². The molecule has 1 aromatic rings. The van der Waals surface area contributed by atoms with E-state index in [9.17, 15) is 13.2 Å². The number of thiophene rings is 1. The summed E-state index contributed by atoms with van der Waals surface area (Å²) < 4.78 is 27.6. The second-order valence-electron chi connectivity index (χ2n) is 4.42. The van der Waals surface area contributed by atoms with Crippen LogP contribution in [0.1, 0.15) is 17.7 Å². The van der Waals surface area contributed by atoms with Crippen molar-refractivity contribution in [2.24, 2.45) is 5.14 Å². The van der Waals surface area contributed by atoms with Crippen LogP contribution >= 0.6 is 11.3 Å². The summed E-state index contributed by atoms with van der Waals surface area (Å²) in [5.41, 5.74) is 0. The Labute approximate surface area is 116 Å². The van der Waals surface area contributed by atoms with Crippen LogP contribution in [0.15, 0.2) is 16.3 Å². The molecule has 8 heteroatoms. The van der Waals surface area contributed by atoms with E-state index in [1.165, 1.54) is 6.07 Å². The van der Waals surface area contributed by atoms with E-state index in [2.05, 4.69) is 5.32 Å². The first-order valence-electron chi connectivity index (χ1n) is 5.94. The molecule has 1 amide bonds. The number of carbonyl (C=O) groups is 1. The quantitative estimate of drug-likeness (QED) is 0.832. The van der Waals surface area contributed by atoms with E-state index in [0.29, 0.717) is 11.5 Å². The van der Waals surface area contributed by atoms with Gasteiger partial charge < -0.3 is 10.1 Å². The molecule has 6 nitrogen and oxygen atoms in total. The van der Waals surface area contributed by atoms with Gasteiger partial charge >= 0.3 is 0 Å². The van der Waals surface area contributed by atoms with Gasteiger partial charge in [-0.15, -0.1) is 11.3 Å². The number of carbonyl (C=O) groups excluding carboxylic acids is 1. The molecule has 1 saturated heterocycles. The molecule has 106 valence electrons. The SMILES string of the molecule is NS(=O)(=O)c1ccc(CC(=O)NC2CCCOC2)s1. The zero-order valence-corrected chi connectivity index (χ0v) is 11.9. The molecule has 0 bridgehead atoms. The maximum absolute atomic E-state index is 11.8. The van der Waals surface area contributed by atoms with Crippen LogP contribution in [0.2, 0.25) is 0 Å². The van der Waals surface area contributed by atoms with E-state index in [0.717, 1.165) is 30.8 Å². The summed E-state index contributed by atoms with van der Waals surface area (Å²) >= 11 is 1.03. The Kier molecular flexibility index (Phi) is 4.56. The summed E-state index contributed by atoms with van der Waals surface area (Å²) in [6.07, 6.45) is 2.02. The van der Waals surface area contributed by atoms with E-state index in [4.69, 9.17) is 9.88 Å². The van der Waals surface area contributed by atoms with E-state index in [1.54, 1.807) is 6.07 Å². The highest BCUT2D eigenvalue weighted by Crippen LogP contribution is 2.20. The Hall–Kier alpha value is -0.960. The number of ether oxygens (including phenoxy) is 1. The van der Waals surface area contributed by atoms with Crippen LogP contribution in [0, 0.1) is 0 Å². The van der Waals surface area contributed by atoms with Crippen molar-refractivity contribution in [2.45, 2.75) is 29.5 Å². The zero-order chi connectivity index (χ0) is 13.9. The highest BCUT2D eigenvalue weighted by Gasteiger charge is 2.17. The number of primary sulfonamides is 1. The van der Waals surface area contributed by atoms with Crippen molar-refractivity contribution < 1.29 is 17.9 Å². The van der Waals surface area contributed by atoms with E-state index >= 15 is 0 Å². The molecule has 19 heavy (non-hydrogen) atoms. The van der Waals surface area contributed by atoms with Crippen molar-refractivity contribution in [1.82, 2.24) is 5.32 Å². The number of amides is 1. The van der Waals surface area contributed by atoms with Gasteiger partial charge in [0.1, 0.15) is 4.21 Å². The fraction of sp³-hybridized carbons (Fsp3) is 0.545. The third-order valence-electron chi connectivity index (χ3n) is 2.78. The number of rotatable bonds is 4. The van der Waals surface area contributed by atoms with Crippen molar-refractivity contribution in [1.29, 1.82) is 0 Å². The molecule has 1 unspecified atom stereocenters. The van der Waals surface area contributed by atoms with Gasteiger partial charge in [0.2, 0.25) is 15.9 Å². The summed E-state index contributed by atoms with van der Waals surface area (Å²) in [4.78, 5) is 12.5. The summed E-state index contributed by atoms with van der Waals surface area (Å²) in [5.74, 6) is -0.127. The smallest absolute Gasteiger partial charge is 0.247 e. The number of nitrogens with one attached hydrogen (secondary N) is 1. The number of sulfonamides is 1. The van der Waals surface area contributed by atoms with E-state index in [1.807, 2.05) is 0 Å². The molecular formula is C11H16N2O4S2. The lowest BCUT2D eigenvalue weighted by Gasteiger charge is -2.22. The monoisotopic (exact) mass is 304 g/mol. The molecule has 2 rings (SSSR count). The first-order chi connectivity index (χ1) is 8.95. The van der Waals surface area contributed by atoms with Crippen molar-refractivity contribution >= 4 is 27.3 Å². The first kappa shape index (κ1) is 14.4. The van der Waals surface area contributed by atoms with Crippen LogP contribution in [-0.4, -0.2) is 33.6 Å².